The number of nitrogens with zero attached hydrogens (tertiary/aromatic N) is 2. The zero-order valence-electron chi connectivity index (χ0n) is 15.4. The molecule has 0 spiro atoms. The van der Waals surface area contributed by atoms with Gasteiger partial charge in [-0.1, -0.05) is 23.1 Å². The second-order valence-electron chi connectivity index (χ2n) is 6.35. The molecule has 0 saturated carbocycles. The van der Waals surface area contributed by atoms with Crippen LogP contribution < -0.4 is 14.8 Å². The number of ether oxygens (including phenoxy) is 2. The zero-order chi connectivity index (χ0) is 20.5. The van der Waals surface area contributed by atoms with Crippen molar-refractivity contribution in [3.8, 4) is 11.5 Å². The largest absolute Gasteiger partial charge is 0.486 e. The van der Waals surface area contributed by atoms with Crippen LogP contribution in [0.15, 0.2) is 64.6 Å². The molecular weight excluding hydrogens is 425 g/mol. The Labute approximate surface area is 179 Å². The smallest absolute Gasteiger partial charge is 0.260 e. The SMILES string of the molecule is O=C(Nc1nc2ccc(F)cc2s1)c1cccnc1Sc1ccc2c(c1)OCCO2. The third-order valence-corrected chi connectivity index (χ3v) is 6.26. The first kappa shape index (κ1) is 18.8. The molecule has 0 atom stereocenters. The minimum atomic E-state index is -0.339. The quantitative estimate of drug-likeness (QED) is 0.482. The van der Waals surface area contributed by atoms with Crippen LogP contribution in [0.2, 0.25) is 0 Å². The Bertz CT molecular complexity index is 1260. The van der Waals surface area contributed by atoms with Gasteiger partial charge in [-0.05, 0) is 48.5 Å². The molecule has 1 aliphatic heterocycles. The third kappa shape index (κ3) is 3.81. The molecule has 5 rings (SSSR count). The van der Waals surface area contributed by atoms with Gasteiger partial charge in [-0.25, -0.2) is 14.4 Å². The normalized spacial score (nSPS) is 12.7. The summed E-state index contributed by atoms with van der Waals surface area (Å²) in [6, 6.07) is 13.4. The number of anilines is 1. The van der Waals surface area contributed by atoms with Crippen LogP contribution in [-0.2, 0) is 0 Å². The molecule has 9 heteroatoms. The first-order chi connectivity index (χ1) is 14.7. The van der Waals surface area contributed by atoms with Crippen LogP contribution in [0.3, 0.4) is 0 Å². The van der Waals surface area contributed by atoms with E-state index in [1.54, 1.807) is 24.4 Å². The Balaban J connectivity index is 1.39. The van der Waals surface area contributed by atoms with E-state index in [9.17, 15) is 9.18 Å². The molecule has 2 aromatic heterocycles. The molecule has 0 radical (unpaired) electrons. The molecule has 6 nitrogen and oxygen atoms in total. The summed E-state index contributed by atoms with van der Waals surface area (Å²) < 4.78 is 25.2. The maximum Gasteiger partial charge on any atom is 0.260 e. The molecule has 30 heavy (non-hydrogen) atoms. The third-order valence-electron chi connectivity index (χ3n) is 4.31. The number of amides is 1. The summed E-state index contributed by atoms with van der Waals surface area (Å²) in [5.41, 5.74) is 1.05. The topological polar surface area (TPSA) is 73.3 Å². The number of carbonyl (C=O) groups is 1. The van der Waals surface area contributed by atoms with E-state index in [4.69, 9.17) is 9.47 Å². The highest BCUT2D eigenvalue weighted by Crippen LogP contribution is 2.37. The van der Waals surface area contributed by atoms with Crippen molar-refractivity contribution >= 4 is 44.4 Å². The highest BCUT2D eigenvalue weighted by Gasteiger charge is 2.17. The van der Waals surface area contributed by atoms with Crippen molar-refractivity contribution in [3.63, 3.8) is 0 Å². The van der Waals surface area contributed by atoms with Crippen molar-refractivity contribution in [2.75, 3.05) is 18.5 Å². The molecule has 150 valence electrons. The summed E-state index contributed by atoms with van der Waals surface area (Å²) in [4.78, 5) is 22.5. The van der Waals surface area contributed by atoms with Gasteiger partial charge in [0.15, 0.2) is 16.6 Å². The number of rotatable bonds is 4. The Morgan fingerprint density at radius 3 is 2.87 bits per heavy atom. The van der Waals surface area contributed by atoms with E-state index in [0.29, 0.717) is 50.7 Å². The van der Waals surface area contributed by atoms with Gasteiger partial charge in [0.1, 0.15) is 24.1 Å². The van der Waals surface area contributed by atoms with Crippen molar-refractivity contribution in [3.05, 3.63) is 66.1 Å². The van der Waals surface area contributed by atoms with Crippen molar-refractivity contribution < 1.29 is 18.7 Å². The molecule has 0 aliphatic carbocycles. The van der Waals surface area contributed by atoms with Crippen LogP contribution >= 0.6 is 23.1 Å². The van der Waals surface area contributed by atoms with Gasteiger partial charge >= 0.3 is 0 Å². The van der Waals surface area contributed by atoms with E-state index in [2.05, 4.69) is 15.3 Å². The van der Waals surface area contributed by atoms with E-state index in [1.807, 2.05) is 18.2 Å². The van der Waals surface area contributed by atoms with Crippen LogP contribution in [0, 0.1) is 5.82 Å². The van der Waals surface area contributed by atoms with E-state index in [0.717, 1.165) is 4.90 Å². The molecule has 0 bridgehead atoms. The Hall–Kier alpha value is -3.17. The number of thiazole rings is 1. The van der Waals surface area contributed by atoms with Crippen LogP contribution in [0.5, 0.6) is 11.5 Å². The average molecular weight is 439 g/mol. The Kier molecular flexibility index (Phi) is 4.97. The molecule has 1 amide bonds. The summed E-state index contributed by atoms with van der Waals surface area (Å²) in [5, 5.41) is 3.75. The van der Waals surface area contributed by atoms with Crippen LogP contribution in [0.1, 0.15) is 10.4 Å². The summed E-state index contributed by atoms with van der Waals surface area (Å²) in [6.45, 7) is 1.03. The number of nitrogens with one attached hydrogen (secondary N) is 1. The first-order valence-electron chi connectivity index (χ1n) is 9.06. The summed E-state index contributed by atoms with van der Waals surface area (Å²) in [5.74, 6) is 0.712. The fourth-order valence-electron chi connectivity index (χ4n) is 2.96. The second kappa shape index (κ2) is 7.92. The maximum absolute atomic E-state index is 13.4. The van der Waals surface area contributed by atoms with Gasteiger partial charge < -0.3 is 9.47 Å². The zero-order valence-corrected chi connectivity index (χ0v) is 17.1. The number of aromatic nitrogens is 2. The van der Waals surface area contributed by atoms with Gasteiger partial charge in [-0.2, -0.15) is 0 Å². The molecule has 3 heterocycles. The number of fused-ring (bicyclic) bond motifs is 2. The number of pyridine rings is 1. The molecule has 0 saturated heterocycles. The summed E-state index contributed by atoms with van der Waals surface area (Å²) in [7, 11) is 0. The molecule has 2 aromatic carbocycles. The number of hydrogen-bond donors (Lipinski definition) is 1. The van der Waals surface area contributed by atoms with Crippen molar-refractivity contribution in [2.24, 2.45) is 0 Å². The molecule has 1 N–H and O–H groups in total. The lowest BCUT2D eigenvalue weighted by Gasteiger charge is -2.18. The lowest BCUT2D eigenvalue weighted by molar-refractivity contribution is 0.102. The molecular formula is C21H14FN3O3S2. The fraction of sp³-hybridized carbons (Fsp3) is 0.0952. The lowest BCUT2D eigenvalue weighted by atomic mass is 10.3. The van der Waals surface area contributed by atoms with Gasteiger partial charge in [0.05, 0.1) is 15.8 Å². The fourth-order valence-corrected chi connectivity index (χ4v) is 4.76. The monoisotopic (exact) mass is 439 g/mol. The number of halogens is 1. The first-order valence-corrected chi connectivity index (χ1v) is 10.7. The molecule has 4 aromatic rings. The van der Waals surface area contributed by atoms with Gasteiger partial charge in [-0.15, -0.1) is 0 Å². The molecule has 0 unspecified atom stereocenters. The van der Waals surface area contributed by atoms with Gasteiger partial charge in [0.25, 0.3) is 5.91 Å². The number of hydrogen-bond acceptors (Lipinski definition) is 7. The lowest BCUT2D eigenvalue weighted by Crippen LogP contribution is -2.15. The molecule has 1 aliphatic rings. The van der Waals surface area contributed by atoms with E-state index in [-0.39, 0.29) is 11.7 Å². The Morgan fingerprint density at radius 1 is 1.10 bits per heavy atom. The molecule has 0 fully saturated rings. The van der Waals surface area contributed by atoms with Gasteiger partial charge in [-0.3, -0.25) is 10.1 Å². The predicted octanol–water partition coefficient (Wildman–Crippen LogP) is 5.01. The Morgan fingerprint density at radius 2 is 1.97 bits per heavy atom. The van der Waals surface area contributed by atoms with Crippen LogP contribution in [-0.4, -0.2) is 29.1 Å². The van der Waals surface area contributed by atoms with Crippen molar-refractivity contribution in [1.82, 2.24) is 9.97 Å². The predicted molar refractivity (Wildman–Crippen MR) is 113 cm³/mol. The highest BCUT2D eigenvalue weighted by atomic mass is 32.2. The van der Waals surface area contributed by atoms with E-state index < -0.39 is 0 Å². The van der Waals surface area contributed by atoms with Crippen LogP contribution in [0.4, 0.5) is 9.52 Å². The summed E-state index contributed by atoms with van der Waals surface area (Å²) in [6.07, 6.45) is 1.64. The van der Waals surface area contributed by atoms with E-state index in [1.165, 1.54) is 35.2 Å². The standard InChI is InChI=1S/C21H14FN3O3S2/c22-12-3-5-15-18(10-12)30-21(24-15)25-19(26)14-2-1-7-23-20(14)29-13-4-6-16-17(11-13)28-9-8-27-16/h1-7,10-11H,8-9H2,(H,24,25,26). The number of carbonyl (C=O) groups excluding carboxylic acids is 1. The van der Waals surface area contributed by atoms with Gasteiger partial charge in [0, 0.05) is 11.1 Å². The highest BCUT2D eigenvalue weighted by molar-refractivity contribution is 7.99. The maximum atomic E-state index is 13.4. The summed E-state index contributed by atoms with van der Waals surface area (Å²) >= 11 is 2.58. The van der Waals surface area contributed by atoms with Gasteiger partial charge in [0.2, 0.25) is 0 Å². The van der Waals surface area contributed by atoms with Crippen molar-refractivity contribution in [1.29, 1.82) is 0 Å². The second-order valence-corrected chi connectivity index (χ2v) is 8.44. The van der Waals surface area contributed by atoms with Crippen molar-refractivity contribution in [2.45, 2.75) is 9.92 Å². The number of benzene rings is 2. The minimum absolute atomic E-state index is 0.331. The van der Waals surface area contributed by atoms with Crippen LogP contribution in [0.25, 0.3) is 10.2 Å². The minimum Gasteiger partial charge on any atom is -0.486 e. The van der Waals surface area contributed by atoms with E-state index >= 15 is 0 Å². The average Bonchev–Trinajstić information content (AvgIpc) is 3.15.